The quantitative estimate of drug-likeness (QED) is 0.723. The predicted molar refractivity (Wildman–Crippen MR) is 39.2 cm³/mol. The van der Waals surface area contributed by atoms with Gasteiger partial charge in [0.25, 0.3) is 0 Å². The minimum atomic E-state index is 0.436. The second-order valence-corrected chi connectivity index (χ2v) is 2.30. The fourth-order valence-electron chi connectivity index (χ4n) is 0.671. The van der Waals surface area contributed by atoms with E-state index in [2.05, 4.69) is 9.97 Å². The predicted octanol–water partition coefficient (Wildman–Crippen LogP) is 1.25. The van der Waals surface area contributed by atoms with Crippen molar-refractivity contribution in [3.05, 3.63) is 17.2 Å². The molecule has 0 bridgehead atoms. The van der Waals surface area contributed by atoms with E-state index in [0.717, 1.165) is 12.1 Å². The number of nitrogens with zero attached hydrogens (tertiary/aromatic N) is 1. The lowest BCUT2D eigenvalue weighted by Gasteiger charge is -1.92. The van der Waals surface area contributed by atoms with Crippen molar-refractivity contribution in [1.82, 2.24) is 9.97 Å². The maximum atomic E-state index is 5.53. The van der Waals surface area contributed by atoms with E-state index in [4.69, 9.17) is 16.3 Å². The molecule has 0 aliphatic rings. The van der Waals surface area contributed by atoms with Crippen molar-refractivity contribution in [2.45, 2.75) is 6.42 Å². The van der Waals surface area contributed by atoms with Crippen LogP contribution in [0.5, 0.6) is 0 Å². The summed E-state index contributed by atoms with van der Waals surface area (Å²) in [5, 5.41) is 0.436. The zero-order chi connectivity index (χ0) is 7.40. The Kier molecular flexibility index (Phi) is 2.71. The summed E-state index contributed by atoms with van der Waals surface area (Å²) in [5.41, 5.74) is 1.01. The van der Waals surface area contributed by atoms with Crippen LogP contribution in [0.1, 0.15) is 5.69 Å². The van der Waals surface area contributed by atoms with Gasteiger partial charge in [-0.15, -0.1) is 0 Å². The van der Waals surface area contributed by atoms with Gasteiger partial charge in [0.1, 0.15) is 0 Å². The highest BCUT2D eigenvalue weighted by atomic mass is 35.5. The monoisotopic (exact) mass is 160 g/mol. The van der Waals surface area contributed by atoms with Gasteiger partial charge < -0.3 is 9.72 Å². The first-order chi connectivity index (χ1) is 4.83. The lowest BCUT2D eigenvalue weighted by molar-refractivity contribution is 0.201. The van der Waals surface area contributed by atoms with Gasteiger partial charge >= 0.3 is 0 Å². The minimum Gasteiger partial charge on any atom is -0.384 e. The Morgan fingerprint density at radius 1 is 1.80 bits per heavy atom. The summed E-state index contributed by atoms with van der Waals surface area (Å²) < 4.78 is 4.86. The summed E-state index contributed by atoms with van der Waals surface area (Å²) in [6.07, 6.45) is 2.54. The van der Waals surface area contributed by atoms with Crippen LogP contribution in [0.3, 0.4) is 0 Å². The number of ether oxygens (including phenoxy) is 1. The minimum absolute atomic E-state index is 0.436. The van der Waals surface area contributed by atoms with E-state index in [0.29, 0.717) is 11.9 Å². The Balaban J connectivity index is 2.42. The second kappa shape index (κ2) is 3.58. The molecule has 1 heterocycles. The van der Waals surface area contributed by atoms with E-state index >= 15 is 0 Å². The Morgan fingerprint density at radius 3 is 3.10 bits per heavy atom. The molecule has 1 rings (SSSR count). The van der Waals surface area contributed by atoms with Crippen molar-refractivity contribution < 1.29 is 4.74 Å². The summed E-state index contributed by atoms with van der Waals surface area (Å²) in [6, 6.07) is 0. The van der Waals surface area contributed by atoms with Gasteiger partial charge in [0, 0.05) is 25.4 Å². The number of rotatable bonds is 3. The Morgan fingerprint density at radius 2 is 2.60 bits per heavy atom. The van der Waals surface area contributed by atoms with Crippen LogP contribution in [-0.2, 0) is 11.2 Å². The van der Waals surface area contributed by atoms with Gasteiger partial charge in [0.2, 0.25) is 0 Å². The number of H-pyrrole nitrogens is 1. The summed E-state index contributed by atoms with van der Waals surface area (Å²) in [6.45, 7) is 0.693. The van der Waals surface area contributed by atoms with Crippen LogP contribution in [0.25, 0.3) is 0 Å². The molecule has 3 nitrogen and oxygen atoms in total. The molecule has 0 atom stereocenters. The van der Waals surface area contributed by atoms with E-state index in [1.165, 1.54) is 0 Å². The summed E-state index contributed by atoms with van der Waals surface area (Å²) in [4.78, 5) is 6.71. The van der Waals surface area contributed by atoms with E-state index in [9.17, 15) is 0 Å². The molecule has 10 heavy (non-hydrogen) atoms. The normalized spacial score (nSPS) is 10.2. The number of aromatic nitrogens is 2. The standard InChI is InChI=1S/C6H9ClN2O/c1-10-3-2-5-4-8-6(7)9-5/h4H,2-3H2,1H3,(H,8,9). The average molecular weight is 161 g/mol. The molecule has 0 spiro atoms. The van der Waals surface area contributed by atoms with E-state index in [1.54, 1.807) is 13.3 Å². The highest BCUT2D eigenvalue weighted by Gasteiger charge is 1.95. The Labute approximate surface area is 64.4 Å². The first-order valence-corrected chi connectivity index (χ1v) is 3.39. The number of hydrogen-bond acceptors (Lipinski definition) is 2. The third-order valence-electron chi connectivity index (χ3n) is 1.17. The zero-order valence-corrected chi connectivity index (χ0v) is 6.48. The van der Waals surface area contributed by atoms with E-state index < -0.39 is 0 Å². The number of aromatic amines is 1. The van der Waals surface area contributed by atoms with Crippen LogP contribution in [0.2, 0.25) is 5.28 Å². The maximum Gasteiger partial charge on any atom is 0.200 e. The lowest BCUT2D eigenvalue weighted by Crippen LogP contribution is -1.93. The second-order valence-electron chi connectivity index (χ2n) is 1.94. The van der Waals surface area contributed by atoms with Crippen LogP contribution >= 0.6 is 11.6 Å². The van der Waals surface area contributed by atoms with Gasteiger partial charge in [-0.25, -0.2) is 4.98 Å². The van der Waals surface area contributed by atoms with Gasteiger partial charge in [-0.1, -0.05) is 0 Å². The topological polar surface area (TPSA) is 37.9 Å². The molecule has 0 aliphatic carbocycles. The molecule has 0 radical (unpaired) electrons. The number of imidazole rings is 1. The molecule has 1 N–H and O–H groups in total. The van der Waals surface area contributed by atoms with Crippen LogP contribution in [0.15, 0.2) is 6.20 Å². The first-order valence-electron chi connectivity index (χ1n) is 3.01. The highest BCUT2D eigenvalue weighted by molar-refractivity contribution is 6.28. The van der Waals surface area contributed by atoms with Crippen molar-refractivity contribution >= 4 is 11.6 Å². The average Bonchev–Trinajstić information content (AvgIpc) is 2.31. The summed E-state index contributed by atoms with van der Waals surface area (Å²) >= 11 is 5.53. The Hall–Kier alpha value is -0.540. The van der Waals surface area contributed by atoms with E-state index in [1.807, 2.05) is 0 Å². The molecule has 1 aromatic heterocycles. The van der Waals surface area contributed by atoms with Crippen molar-refractivity contribution in [3.63, 3.8) is 0 Å². The number of halogens is 1. The van der Waals surface area contributed by atoms with Crippen molar-refractivity contribution in [2.75, 3.05) is 13.7 Å². The van der Waals surface area contributed by atoms with Crippen LogP contribution in [0.4, 0.5) is 0 Å². The van der Waals surface area contributed by atoms with Gasteiger partial charge in [-0.3, -0.25) is 0 Å². The molecule has 0 aliphatic heterocycles. The number of hydrogen-bond donors (Lipinski definition) is 1. The maximum absolute atomic E-state index is 5.53. The SMILES string of the molecule is COCCc1cnc(Cl)[nH]1. The molecule has 0 amide bonds. The molecular formula is C6H9ClN2O. The fourth-order valence-corrected chi connectivity index (χ4v) is 0.841. The van der Waals surface area contributed by atoms with Crippen molar-refractivity contribution in [3.8, 4) is 0 Å². The molecular weight excluding hydrogens is 152 g/mol. The number of methoxy groups -OCH3 is 1. The molecule has 56 valence electrons. The fraction of sp³-hybridized carbons (Fsp3) is 0.500. The summed E-state index contributed by atoms with van der Waals surface area (Å²) in [5.74, 6) is 0. The van der Waals surface area contributed by atoms with Crippen LogP contribution < -0.4 is 0 Å². The Bertz CT molecular complexity index is 199. The van der Waals surface area contributed by atoms with Crippen molar-refractivity contribution in [2.24, 2.45) is 0 Å². The highest BCUT2D eigenvalue weighted by Crippen LogP contribution is 2.02. The van der Waals surface area contributed by atoms with Gasteiger partial charge in [0.05, 0.1) is 6.61 Å². The number of nitrogens with one attached hydrogen (secondary N) is 1. The molecule has 0 unspecified atom stereocenters. The third-order valence-corrected chi connectivity index (χ3v) is 1.37. The molecule has 0 aromatic carbocycles. The lowest BCUT2D eigenvalue weighted by atomic mass is 10.4. The molecule has 4 heteroatoms. The zero-order valence-electron chi connectivity index (χ0n) is 5.72. The molecule has 1 aromatic rings. The molecule has 0 fully saturated rings. The smallest absolute Gasteiger partial charge is 0.200 e. The van der Waals surface area contributed by atoms with Gasteiger partial charge in [0.15, 0.2) is 5.28 Å². The molecule has 0 saturated heterocycles. The largest absolute Gasteiger partial charge is 0.384 e. The first kappa shape index (κ1) is 7.57. The summed E-state index contributed by atoms with van der Waals surface area (Å²) in [7, 11) is 1.66. The van der Waals surface area contributed by atoms with Gasteiger partial charge in [-0.05, 0) is 11.6 Å². The van der Waals surface area contributed by atoms with Gasteiger partial charge in [-0.2, -0.15) is 0 Å². The molecule has 0 saturated carbocycles. The van der Waals surface area contributed by atoms with Crippen LogP contribution in [0, 0.1) is 0 Å². The van der Waals surface area contributed by atoms with Crippen LogP contribution in [-0.4, -0.2) is 23.7 Å². The van der Waals surface area contributed by atoms with Crippen molar-refractivity contribution in [1.29, 1.82) is 0 Å². The van der Waals surface area contributed by atoms with E-state index in [-0.39, 0.29) is 0 Å². The third kappa shape index (κ3) is 2.01.